The van der Waals surface area contributed by atoms with Crippen molar-refractivity contribution in [3.05, 3.63) is 47.5 Å². The Balaban J connectivity index is 1.38. The van der Waals surface area contributed by atoms with Crippen molar-refractivity contribution in [1.29, 1.82) is 0 Å². The number of nitrogens with zero attached hydrogens (tertiary/aromatic N) is 3. The first-order chi connectivity index (χ1) is 11.3. The number of fused-ring (bicyclic) bond motifs is 1. The molecule has 1 fully saturated rings. The van der Waals surface area contributed by atoms with Crippen LogP contribution in [0.2, 0.25) is 0 Å². The molecule has 0 N–H and O–H groups in total. The lowest BCUT2D eigenvalue weighted by atomic mass is 9.94. The predicted molar refractivity (Wildman–Crippen MR) is 90.6 cm³/mol. The Labute approximate surface area is 138 Å². The molecule has 1 aromatic carbocycles. The first-order valence-electron chi connectivity index (χ1n) is 8.71. The Hall–Kier alpha value is -1.81. The molecule has 2 aliphatic rings. The highest BCUT2D eigenvalue weighted by atomic mass is 16.5. The maximum absolute atomic E-state index is 5.61. The van der Waals surface area contributed by atoms with E-state index in [0.717, 1.165) is 37.7 Å². The summed E-state index contributed by atoms with van der Waals surface area (Å²) in [4.78, 5) is 7.09. The predicted octanol–water partition coefficient (Wildman–Crippen LogP) is 2.81. The summed E-state index contributed by atoms with van der Waals surface area (Å²) in [6, 6.07) is 6.71. The van der Waals surface area contributed by atoms with Crippen molar-refractivity contribution in [2.24, 2.45) is 13.0 Å². The van der Waals surface area contributed by atoms with Gasteiger partial charge >= 0.3 is 0 Å². The van der Waals surface area contributed by atoms with Gasteiger partial charge in [0.15, 0.2) is 0 Å². The molecule has 0 aliphatic carbocycles. The molecule has 0 bridgehead atoms. The molecule has 0 spiro atoms. The van der Waals surface area contributed by atoms with E-state index in [9.17, 15) is 0 Å². The molecule has 0 amide bonds. The molecule has 1 saturated heterocycles. The Kier molecular flexibility index (Phi) is 4.08. The van der Waals surface area contributed by atoms with E-state index >= 15 is 0 Å². The summed E-state index contributed by atoms with van der Waals surface area (Å²) < 4.78 is 7.76. The highest BCUT2D eigenvalue weighted by Gasteiger charge is 2.22. The smallest absolute Gasteiger partial charge is 0.122 e. The zero-order chi connectivity index (χ0) is 15.6. The average Bonchev–Trinajstić information content (AvgIpc) is 3.17. The number of hydrogen-bond donors (Lipinski definition) is 0. The van der Waals surface area contributed by atoms with Crippen LogP contribution in [-0.4, -0.2) is 34.1 Å². The van der Waals surface area contributed by atoms with E-state index in [-0.39, 0.29) is 0 Å². The fourth-order valence-electron chi connectivity index (χ4n) is 3.91. The standard InChI is InChI=1S/C19H25N3O/c1-21-9-7-20-19(21)12-15-3-2-8-22(13-15)14-16-4-5-18-17(11-16)6-10-23-18/h4-5,7,9,11,15H,2-3,6,8,10,12-14H2,1H3. The van der Waals surface area contributed by atoms with Crippen molar-refractivity contribution < 1.29 is 4.74 Å². The van der Waals surface area contributed by atoms with Gasteiger partial charge in [0, 0.05) is 45.4 Å². The fraction of sp³-hybridized carbons (Fsp3) is 0.526. The van der Waals surface area contributed by atoms with Gasteiger partial charge in [0.2, 0.25) is 0 Å². The van der Waals surface area contributed by atoms with Crippen LogP contribution in [0.3, 0.4) is 0 Å². The molecular formula is C19H25N3O. The number of aromatic nitrogens is 2. The lowest BCUT2D eigenvalue weighted by Crippen LogP contribution is -2.36. The van der Waals surface area contributed by atoms with E-state index in [1.165, 1.54) is 42.9 Å². The summed E-state index contributed by atoms with van der Waals surface area (Å²) in [5, 5.41) is 0. The number of benzene rings is 1. The Morgan fingerprint density at radius 1 is 1.35 bits per heavy atom. The summed E-state index contributed by atoms with van der Waals surface area (Å²) in [6.07, 6.45) is 8.72. The highest BCUT2D eigenvalue weighted by Crippen LogP contribution is 2.27. The number of aryl methyl sites for hydroxylation is 1. The van der Waals surface area contributed by atoms with Crippen LogP contribution in [0.15, 0.2) is 30.6 Å². The monoisotopic (exact) mass is 311 g/mol. The first kappa shape index (κ1) is 14.8. The van der Waals surface area contributed by atoms with Gasteiger partial charge in [-0.3, -0.25) is 4.90 Å². The van der Waals surface area contributed by atoms with Crippen LogP contribution in [0.1, 0.15) is 29.8 Å². The molecular weight excluding hydrogens is 286 g/mol. The minimum Gasteiger partial charge on any atom is -0.493 e. The van der Waals surface area contributed by atoms with Crippen molar-refractivity contribution in [2.45, 2.75) is 32.2 Å². The number of rotatable bonds is 4. The maximum Gasteiger partial charge on any atom is 0.122 e. The highest BCUT2D eigenvalue weighted by molar-refractivity contribution is 5.39. The van der Waals surface area contributed by atoms with Gasteiger partial charge < -0.3 is 9.30 Å². The van der Waals surface area contributed by atoms with Crippen LogP contribution in [0.25, 0.3) is 0 Å². The number of piperidine rings is 1. The molecule has 1 atom stereocenters. The average molecular weight is 311 g/mol. The lowest BCUT2D eigenvalue weighted by Gasteiger charge is -2.32. The van der Waals surface area contributed by atoms with Crippen LogP contribution < -0.4 is 4.74 Å². The third-order valence-electron chi connectivity index (χ3n) is 5.16. The van der Waals surface area contributed by atoms with E-state index in [1.807, 2.05) is 12.4 Å². The van der Waals surface area contributed by atoms with E-state index in [2.05, 4.69) is 39.7 Å². The second-order valence-electron chi connectivity index (χ2n) is 6.94. The number of hydrogen-bond acceptors (Lipinski definition) is 3. The maximum atomic E-state index is 5.61. The molecule has 2 aromatic rings. The van der Waals surface area contributed by atoms with Gasteiger partial charge in [0.25, 0.3) is 0 Å². The molecule has 0 saturated carbocycles. The van der Waals surface area contributed by atoms with Crippen LogP contribution in [0, 0.1) is 5.92 Å². The van der Waals surface area contributed by atoms with Crippen LogP contribution in [0.4, 0.5) is 0 Å². The minimum absolute atomic E-state index is 0.725. The topological polar surface area (TPSA) is 30.3 Å². The van der Waals surface area contributed by atoms with Crippen molar-refractivity contribution in [3.63, 3.8) is 0 Å². The molecule has 4 nitrogen and oxygen atoms in total. The van der Waals surface area contributed by atoms with E-state index in [0.29, 0.717) is 0 Å². The van der Waals surface area contributed by atoms with Gasteiger partial charge in [0.1, 0.15) is 11.6 Å². The minimum atomic E-state index is 0.725. The lowest BCUT2D eigenvalue weighted by molar-refractivity contribution is 0.165. The third-order valence-corrected chi connectivity index (χ3v) is 5.16. The Morgan fingerprint density at radius 2 is 2.30 bits per heavy atom. The second kappa shape index (κ2) is 6.36. The Bertz CT molecular complexity index is 679. The molecule has 1 unspecified atom stereocenters. The summed E-state index contributed by atoms with van der Waals surface area (Å²) in [5.74, 6) is 3.02. The van der Waals surface area contributed by atoms with Crippen LogP contribution in [0.5, 0.6) is 5.75 Å². The van der Waals surface area contributed by atoms with Crippen molar-refractivity contribution >= 4 is 0 Å². The summed E-state index contributed by atoms with van der Waals surface area (Å²) in [7, 11) is 2.09. The molecule has 23 heavy (non-hydrogen) atoms. The SMILES string of the molecule is Cn1ccnc1CC1CCCN(Cc2ccc3c(c2)CCO3)C1. The zero-order valence-corrected chi connectivity index (χ0v) is 13.9. The molecule has 3 heterocycles. The zero-order valence-electron chi connectivity index (χ0n) is 13.9. The fourth-order valence-corrected chi connectivity index (χ4v) is 3.91. The third kappa shape index (κ3) is 3.27. The van der Waals surface area contributed by atoms with Gasteiger partial charge in [-0.1, -0.05) is 12.1 Å². The number of imidazole rings is 1. The summed E-state index contributed by atoms with van der Waals surface area (Å²) in [6.45, 7) is 4.30. The molecule has 0 radical (unpaired) electrons. The molecule has 1 aromatic heterocycles. The van der Waals surface area contributed by atoms with Crippen molar-refractivity contribution in [1.82, 2.24) is 14.5 Å². The molecule has 4 heteroatoms. The normalized spacial score (nSPS) is 21.2. The van der Waals surface area contributed by atoms with Gasteiger partial charge in [-0.25, -0.2) is 4.98 Å². The van der Waals surface area contributed by atoms with Gasteiger partial charge in [0.05, 0.1) is 6.61 Å². The molecule has 2 aliphatic heterocycles. The summed E-state index contributed by atoms with van der Waals surface area (Å²) in [5.41, 5.74) is 2.80. The molecule has 4 rings (SSSR count). The van der Waals surface area contributed by atoms with E-state index in [4.69, 9.17) is 4.74 Å². The van der Waals surface area contributed by atoms with Gasteiger partial charge in [-0.15, -0.1) is 0 Å². The Morgan fingerprint density at radius 3 is 3.17 bits per heavy atom. The van der Waals surface area contributed by atoms with Crippen LogP contribution in [-0.2, 0) is 26.4 Å². The largest absolute Gasteiger partial charge is 0.493 e. The van der Waals surface area contributed by atoms with Gasteiger partial charge in [-0.2, -0.15) is 0 Å². The van der Waals surface area contributed by atoms with Crippen LogP contribution >= 0.6 is 0 Å². The van der Waals surface area contributed by atoms with Gasteiger partial charge in [-0.05, 0) is 42.5 Å². The number of likely N-dealkylation sites (tertiary alicyclic amines) is 1. The van der Waals surface area contributed by atoms with Crippen molar-refractivity contribution in [2.75, 3.05) is 19.7 Å². The number of ether oxygens (including phenoxy) is 1. The second-order valence-corrected chi connectivity index (χ2v) is 6.94. The van der Waals surface area contributed by atoms with E-state index in [1.54, 1.807) is 0 Å². The van der Waals surface area contributed by atoms with Crippen molar-refractivity contribution in [3.8, 4) is 5.75 Å². The quantitative estimate of drug-likeness (QED) is 0.870. The molecule has 122 valence electrons. The van der Waals surface area contributed by atoms with E-state index < -0.39 is 0 Å². The summed E-state index contributed by atoms with van der Waals surface area (Å²) >= 11 is 0. The first-order valence-corrected chi connectivity index (χ1v) is 8.71.